The van der Waals surface area contributed by atoms with Gasteiger partial charge in [0.15, 0.2) is 0 Å². The number of carbonyl (C=O) groups is 1. The van der Waals surface area contributed by atoms with E-state index in [2.05, 4.69) is 10.3 Å². The summed E-state index contributed by atoms with van der Waals surface area (Å²) < 4.78 is 3.24. The highest BCUT2D eigenvalue weighted by molar-refractivity contribution is 6.06. The van der Waals surface area contributed by atoms with Crippen LogP contribution in [0.4, 0.5) is 0 Å². The minimum absolute atomic E-state index is 0.0329. The number of aromatic nitrogens is 4. The third-order valence-corrected chi connectivity index (χ3v) is 4.83. The number of amides is 1. The van der Waals surface area contributed by atoms with Crippen LogP contribution in [0.2, 0.25) is 0 Å². The summed E-state index contributed by atoms with van der Waals surface area (Å²) in [6.07, 6.45) is 7.01. The third kappa shape index (κ3) is 2.71. The van der Waals surface area contributed by atoms with Crippen LogP contribution in [0.5, 0.6) is 0 Å². The van der Waals surface area contributed by atoms with E-state index in [1.54, 1.807) is 30.2 Å². The summed E-state index contributed by atoms with van der Waals surface area (Å²) in [5.74, 6) is -0.0329. The van der Waals surface area contributed by atoms with Crippen molar-refractivity contribution in [3.05, 3.63) is 58.8 Å². The second kappa shape index (κ2) is 6.16. The summed E-state index contributed by atoms with van der Waals surface area (Å²) in [6.45, 7) is 1.35. The molecule has 0 unspecified atom stereocenters. The molecule has 128 valence electrons. The molecule has 3 aromatic rings. The Bertz CT molecular complexity index is 977. The van der Waals surface area contributed by atoms with Gasteiger partial charge >= 0.3 is 0 Å². The number of rotatable bonds is 3. The second-order valence-corrected chi connectivity index (χ2v) is 6.42. The first-order chi connectivity index (χ1) is 12.1. The molecule has 0 N–H and O–H groups in total. The number of hydrogen-bond acceptors (Lipinski definition) is 4. The molecule has 4 rings (SSSR count). The highest BCUT2D eigenvalue weighted by atomic mass is 16.2. The number of benzene rings is 1. The molecule has 7 heteroatoms. The van der Waals surface area contributed by atoms with Crippen LogP contribution in [-0.2, 0) is 13.6 Å². The zero-order chi connectivity index (χ0) is 17.4. The maximum absolute atomic E-state index is 13.2. The summed E-state index contributed by atoms with van der Waals surface area (Å²) in [4.78, 5) is 27.4. The Morgan fingerprint density at radius 3 is 2.84 bits per heavy atom. The standard InChI is InChI=1S/C18H19N5O2/c1-21-12-16(14-6-2-3-7-15(14)17(21)24)18(25)23-9-4-5-13(23)11-22-10-8-19-20-22/h2-3,6-8,10,12-13H,4-5,9,11H2,1H3/t13-/m0/s1. The molecule has 1 fully saturated rings. The predicted octanol–water partition coefficient (Wildman–Crippen LogP) is 1.43. The number of pyridine rings is 1. The Labute approximate surface area is 144 Å². The lowest BCUT2D eigenvalue weighted by molar-refractivity contribution is 0.0722. The van der Waals surface area contributed by atoms with Crippen LogP contribution >= 0.6 is 0 Å². The lowest BCUT2D eigenvalue weighted by Crippen LogP contribution is -2.38. The largest absolute Gasteiger partial charge is 0.334 e. The first kappa shape index (κ1) is 15.6. The SMILES string of the molecule is Cn1cc(C(=O)N2CCC[C@H]2Cn2ccnn2)c2ccccc2c1=O. The van der Waals surface area contributed by atoms with Gasteiger partial charge in [-0.25, -0.2) is 0 Å². The van der Waals surface area contributed by atoms with Crippen LogP contribution in [0.3, 0.4) is 0 Å². The Balaban J connectivity index is 1.72. The maximum Gasteiger partial charge on any atom is 0.258 e. The minimum Gasteiger partial charge on any atom is -0.334 e. The van der Waals surface area contributed by atoms with E-state index in [1.165, 1.54) is 4.57 Å². The molecule has 0 spiro atoms. The van der Waals surface area contributed by atoms with Crippen molar-refractivity contribution in [2.45, 2.75) is 25.4 Å². The van der Waals surface area contributed by atoms with Crippen molar-refractivity contribution in [1.82, 2.24) is 24.5 Å². The predicted molar refractivity (Wildman–Crippen MR) is 93.3 cm³/mol. The molecule has 1 saturated heterocycles. The van der Waals surface area contributed by atoms with Gasteiger partial charge in [-0.1, -0.05) is 23.4 Å². The van der Waals surface area contributed by atoms with Gasteiger partial charge in [0.2, 0.25) is 0 Å². The van der Waals surface area contributed by atoms with Crippen molar-refractivity contribution in [3.63, 3.8) is 0 Å². The van der Waals surface area contributed by atoms with Crippen molar-refractivity contribution in [1.29, 1.82) is 0 Å². The van der Waals surface area contributed by atoms with Crippen LogP contribution < -0.4 is 5.56 Å². The van der Waals surface area contributed by atoms with E-state index in [4.69, 9.17) is 0 Å². The van der Waals surface area contributed by atoms with Gasteiger partial charge in [-0.3, -0.25) is 14.3 Å². The maximum atomic E-state index is 13.2. The number of likely N-dealkylation sites (tertiary alicyclic amines) is 1. The number of fused-ring (bicyclic) bond motifs is 1. The Morgan fingerprint density at radius 2 is 2.08 bits per heavy atom. The third-order valence-electron chi connectivity index (χ3n) is 4.83. The molecule has 0 aliphatic carbocycles. The molecule has 1 aromatic carbocycles. The molecule has 0 saturated carbocycles. The Kier molecular flexibility index (Phi) is 3.83. The smallest absolute Gasteiger partial charge is 0.258 e. The molecule has 25 heavy (non-hydrogen) atoms. The van der Waals surface area contributed by atoms with E-state index < -0.39 is 0 Å². The van der Waals surface area contributed by atoms with Crippen LogP contribution in [0.1, 0.15) is 23.2 Å². The molecule has 3 heterocycles. The zero-order valence-electron chi connectivity index (χ0n) is 14.0. The van der Waals surface area contributed by atoms with Crippen molar-refractivity contribution in [3.8, 4) is 0 Å². The van der Waals surface area contributed by atoms with Gasteiger partial charge in [0, 0.05) is 36.8 Å². The molecule has 1 aliphatic rings. The number of aryl methyl sites for hydroxylation is 1. The summed E-state index contributed by atoms with van der Waals surface area (Å²) in [6, 6.07) is 7.37. The van der Waals surface area contributed by atoms with Crippen LogP contribution in [-0.4, -0.2) is 43.0 Å². The van der Waals surface area contributed by atoms with Gasteiger partial charge in [0.25, 0.3) is 11.5 Å². The Hall–Kier alpha value is -2.96. The first-order valence-corrected chi connectivity index (χ1v) is 8.38. The van der Waals surface area contributed by atoms with Crippen LogP contribution in [0, 0.1) is 0 Å². The first-order valence-electron chi connectivity index (χ1n) is 8.38. The van der Waals surface area contributed by atoms with Gasteiger partial charge in [-0.15, -0.1) is 5.10 Å². The summed E-state index contributed by atoms with van der Waals surface area (Å²) in [5, 5.41) is 9.11. The quantitative estimate of drug-likeness (QED) is 0.725. The molecule has 1 amide bonds. The fraction of sp³-hybridized carbons (Fsp3) is 0.333. The summed E-state index contributed by atoms with van der Waals surface area (Å²) in [7, 11) is 1.68. The van der Waals surface area contributed by atoms with Crippen LogP contribution in [0.25, 0.3) is 10.8 Å². The van der Waals surface area contributed by atoms with Gasteiger partial charge in [-0.2, -0.15) is 0 Å². The van der Waals surface area contributed by atoms with Crippen molar-refractivity contribution in [2.24, 2.45) is 7.05 Å². The van der Waals surface area contributed by atoms with E-state index in [9.17, 15) is 9.59 Å². The van der Waals surface area contributed by atoms with Crippen LogP contribution in [0.15, 0.2) is 47.7 Å². The summed E-state index contributed by atoms with van der Waals surface area (Å²) >= 11 is 0. The summed E-state index contributed by atoms with van der Waals surface area (Å²) in [5.41, 5.74) is 0.482. The molecule has 2 aromatic heterocycles. The van der Waals surface area contributed by atoms with Crippen molar-refractivity contribution >= 4 is 16.7 Å². The van der Waals surface area contributed by atoms with E-state index in [0.29, 0.717) is 22.9 Å². The fourth-order valence-corrected chi connectivity index (χ4v) is 3.58. The average molecular weight is 337 g/mol. The van der Waals surface area contributed by atoms with Gasteiger partial charge in [0.05, 0.1) is 24.3 Å². The lowest BCUT2D eigenvalue weighted by atomic mass is 10.1. The second-order valence-electron chi connectivity index (χ2n) is 6.42. The number of hydrogen-bond donors (Lipinski definition) is 0. The molecule has 7 nitrogen and oxygen atoms in total. The van der Waals surface area contributed by atoms with E-state index in [1.807, 2.05) is 29.3 Å². The highest BCUT2D eigenvalue weighted by Gasteiger charge is 2.31. The number of carbonyl (C=O) groups excluding carboxylic acids is 1. The molecular formula is C18H19N5O2. The van der Waals surface area contributed by atoms with E-state index in [-0.39, 0.29) is 17.5 Å². The lowest BCUT2D eigenvalue weighted by Gasteiger charge is -2.25. The van der Waals surface area contributed by atoms with Crippen molar-refractivity contribution in [2.75, 3.05) is 6.54 Å². The minimum atomic E-state index is -0.0901. The molecule has 1 atom stereocenters. The normalized spacial score (nSPS) is 17.3. The topological polar surface area (TPSA) is 73.0 Å². The van der Waals surface area contributed by atoms with E-state index in [0.717, 1.165) is 19.4 Å². The zero-order valence-corrected chi connectivity index (χ0v) is 14.0. The van der Waals surface area contributed by atoms with Gasteiger partial charge in [-0.05, 0) is 18.9 Å². The molecule has 1 aliphatic heterocycles. The van der Waals surface area contributed by atoms with Gasteiger partial charge in [0.1, 0.15) is 0 Å². The van der Waals surface area contributed by atoms with E-state index >= 15 is 0 Å². The highest BCUT2D eigenvalue weighted by Crippen LogP contribution is 2.24. The van der Waals surface area contributed by atoms with Gasteiger partial charge < -0.3 is 9.47 Å². The molecule has 0 bridgehead atoms. The number of nitrogens with zero attached hydrogens (tertiary/aromatic N) is 5. The fourth-order valence-electron chi connectivity index (χ4n) is 3.58. The molecular weight excluding hydrogens is 318 g/mol. The molecule has 0 radical (unpaired) electrons. The van der Waals surface area contributed by atoms with Crippen molar-refractivity contribution < 1.29 is 4.79 Å². The monoisotopic (exact) mass is 337 g/mol. The average Bonchev–Trinajstić information content (AvgIpc) is 3.30. The Morgan fingerprint density at radius 1 is 1.28 bits per heavy atom.